The van der Waals surface area contributed by atoms with E-state index >= 15 is 0 Å². The van der Waals surface area contributed by atoms with Gasteiger partial charge in [0.05, 0.1) is 13.0 Å². The van der Waals surface area contributed by atoms with E-state index in [2.05, 4.69) is 34.6 Å². The van der Waals surface area contributed by atoms with E-state index in [0.29, 0.717) is 5.92 Å². The van der Waals surface area contributed by atoms with Crippen molar-refractivity contribution in [3.63, 3.8) is 0 Å². The van der Waals surface area contributed by atoms with E-state index in [1.807, 2.05) is 0 Å². The van der Waals surface area contributed by atoms with Crippen LogP contribution in [0, 0.1) is 17.3 Å². The third kappa shape index (κ3) is 4.64. The molecule has 0 saturated carbocycles. The molecule has 0 aromatic carbocycles. The Morgan fingerprint density at radius 1 is 1.36 bits per heavy atom. The molecule has 0 radical (unpaired) electrons. The maximum Gasteiger partial charge on any atom is 0.308 e. The molecule has 0 spiro atoms. The Bertz CT molecular complexity index is 179. The quantitative estimate of drug-likeness (QED) is 0.651. The average Bonchev–Trinajstić information content (AvgIpc) is 2.10. The first-order valence-electron chi connectivity index (χ1n) is 5.39. The fraction of sp³-hybridized carbons (Fsp3) is 0.917. The smallest absolute Gasteiger partial charge is 0.308 e. The van der Waals surface area contributed by atoms with Gasteiger partial charge in [-0.25, -0.2) is 0 Å². The zero-order valence-electron chi connectivity index (χ0n) is 10.4. The van der Waals surface area contributed by atoms with Gasteiger partial charge in [-0.05, 0) is 17.8 Å². The number of carbonyl (C=O) groups excluding carboxylic acids is 1. The van der Waals surface area contributed by atoms with E-state index in [0.717, 1.165) is 12.8 Å². The number of hydrogen-bond acceptors (Lipinski definition) is 2. The van der Waals surface area contributed by atoms with Crippen molar-refractivity contribution >= 4 is 5.97 Å². The monoisotopic (exact) mass is 200 g/mol. The van der Waals surface area contributed by atoms with Crippen molar-refractivity contribution in [1.29, 1.82) is 0 Å². The molecule has 2 heteroatoms. The van der Waals surface area contributed by atoms with Crippen LogP contribution in [0.1, 0.15) is 47.5 Å². The minimum atomic E-state index is -0.0609. The topological polar surface area (TPSA) is 26.3 Å². The molecule has 0 saturated heterocycles. The second-order valence-corrected chi connectivity index (χ2v) is 5.28. The van der Waals surface area contributed by atoms with E-state index in [-0.39, 0.29) is 17.3 Å². The van der Waals surface area contributed by atoms with Gasteiger partial charge in [0.1, 0.15) is 0 Å². The van der Waals surface area contributed by atoms with Crippen molar-refractivity contribution < 1.29 is 9.53 Å². The standard InChI is InChI=1S/C12H24O2/c1-7-9(2)10(11(13)14-6)8-12(3,4)5/h9-10H,7-8H2,1-6H3. The summed E-state index contributed by atoms with van der Waals surface area (Å²) in [5.41, 5.74) is 0.183. The number of carbonyl (C=O) groups is 1. The number of rotatable bonds is 4. The molecule has 14 heavy (non-hydrogen) atoms. The fourth-order valence-corrected chi connectivity index (χ4v) is 1.61. The lowest BCUT2D eigenvalue weighted by atomic mass is 9.78. The fourth-order valence-electron chi connectivity index (χ4n) is 1.61. The molecule has 0 aromatic heterocycles. The first kappa shape index (κ1) is 13.5. The molecule has 0 aliphatic rings. The average molecular weight is 200 g/mol. The number of esters is 1. The van der Waals surface area contributed by atoms with Gasteiger partial charge in [0, 0.05) is 0 Å². The van der Waals surface area contributed by atoms with Gasteiger partial charge in [0.15, 0.2) is 0 Å². The Labute approximate surface area is 88.0 Å². The molecular formula is C12H24O2. The Balaban J connectivity index is 4.48. The summed E-state index contributed by atoms with van der Waals surface area (Å²) in [5, 5.41) is 0. The van der Waals surface area contributed by atoms with Crippen molar-refractivity contribution in [2.45, 2.75) is 47.5 Å². The normalized spacial score (nSPS) is 16.1. The Morgan fingerprint density at radius 2 is 1.86 bits per heavy atom. The predicted octanol–water partition coefficient (Wildman–Crippen LogP) is 3.26. The molecule has 0 N–H and O–H groups in total. The van der Waals surface area contributed by atoms with Crippen LogP contribution in [0.15, 0.2) is 0 Å². The summed E-state index contributed by atoms with van der Waals surface area (Å²) in [6.45, 7) is 10.7. The van der Waals surface area contributed by atoms with Gasteiger partial charge in [0.25, 0.3) is 0 Å². The first-order valence-corrected chi connectivity index (χ1v) is 5.39. The minimum absolute atomic E-state index is 0.0463. The molecule has 84 valence electrons. The molecule has 2 atom stereocenters. The van der Waals surface area contributed by atoms with E-state index in [9.17, 15) is 4.79 Å². The van der Waals surface area contributed by atoms with Gasteiger partial charge in [-0.15, -0.1) is 0 Å². The van der Waals surface area contributed by atoms with Crippen LogP contribution in [0.2, 0.25) is 0 Å². The van der Waals surface area contributed by atoms with Gasteiger partial charge >= 0.3 is 5.97 Å². The minimum Gasteiger partial charge on any atom is -0.469 e. The number of ether oxygens (including phenoxy) is 1. The van der Waals surface area contributed by atoms with Crippen LogP contribution in [0.25, 0.3) is 0 Å². The SMILES string of the molecule is CCC(C)C(CC(C)(C)C)C(=O)OC. The van der Waals surface area contributed by atoms with Crippen molar-refractivity contribution in [2.24, 2.45) is 17.3 Å². The van der Waals surface area contributed by atoms with Crippen LogP contribution >= 0.6 is 0 Å². The third-order valence-corrected chi connectivity index (χ3v) is 2.67. The van der Waals surface area contributed by atoms with Gasteiger partial charge < -0.3 is 4.74 Å². The molecule has 0 rings (SSSR count). The lowest BCUT2D eigenvalue weighted by Gasteiger charge is -2.27. The summed E-state index contributed by atoms with van der Waals surface area (Å²) >= 11 is 0. The van der Waals surface area contributed by atoms with Crippen molar-refractivity contribution in [3.8, 4) is 0 Å². The summed E-state index contributed by atoms with van der Waals surface area (Å²) in [7, 11) is 1.47. The Hall–Kier alpha value is -0.530. The molecule has 0 aliphatic heterocycles. The van der Waals surface area contributed by atoms with E-state index in [1.165, 1.54) is 7.11 Å². The predicted molar refractivity (Wildman–Crippen MR) is 59.0 cm³/mol. The molecule has 0 bridgehead atoms. The highest BCUT2D eigenvalue weighted by atomic mass is 16.5. The van der Waals surface area contributed by atoms with E-state index < -0.39 is 0 Å². The zero-order chi connectivity index (χ0) is 11.4. The summed E-state index contributed by atoms with van der Waals surface area (Å²) in [6, 6.07) is 0. The van der Waals surface area contributed by atoms with Crippen LogP contribution < -0.4 is 0 Å². The second kappa shape index (κ2) is 5.38. The summed E-state index contributed by atoms with van der Waals surface area (Å²) in [4.78, 5) is 11.6. The van der Waals surface area contributed by atoms with Crippen molar-refractivity contribution in [2.75, 3.05) is 7.11 Å². The van der Waals surface area contributed by atoms with Crippen molar-refractivity contribution in [3.05, 3.63) is 0 Å². The van der Waals surface area contributed by atoms with Crippen LogP contribution in [0.3, 0.4) is 0 Å². The maximum absolute atomic E-state index is 11.6. The summed E-state index contributed by atoms with van der Waals surface area (Å²) in [6.07, 6.45) is 1.92. The molecule has 2 nitrogen and oxygen atoms in total. The van der Waals surface area contributed by atoms with Crippen LogP contribution in [0.4, 0.5) is 0 Å². The Kier molecular flexibility index (Phi) is 5.17. The molecule has 0 heterocycles. The third-order valence-electron chi connectivity index (χ3n) is 2.67. The highest BCUT2D eigenvalue weighted by Crippen LogP contribution is 2.30. The molecule has 2 unspecified atom stereocenters. The molecular weight excluding hydrogens is 176 g/mol. The molecule has 0 amide bonds. The van der Waals surface area contributed by atoms with Gasteiger partial charge in [-0.3, -0.25) is 4.79 Å². The lowest BCUT2D eigenvalue weighted by molar-refractivity contribution is -0.148. The zero-order valence-corrected chi connectivity index (χ0v) is 10.4. The van der Waals surface area contributed by atoms with Crippen molar-refractivity contribution in [1.82, 2.24) is 0 Å². The van der Waals surface area contributed by atoms with E-state index in [4.69, 9.17) is 4.74 Å². The molecule has 0 aromatic rings. The van der Waals surface area contributed by atoms with Gasteiger partial charge in [0.2, 0.25) is 0 Å². The maximum atomic E-state index is 11.6. The van der Waals surface area contributed by atoms with Gasteiger partial charge in [-0.2, -0.15) is 0 Å². The van der Waals surface area contributed by atoms with E-state index in [1.54, 1.807) is 0 Å². The lowest BCUT2D eigenvalue weighted by Crippen LogP contribution is -2.27. The molecule has 0 aliphatic carbocycles. The molecule has 0 fully saturated rings. The number of hydrogen-bond donors (Lipinski definition) is 0. The van der Waals surface area contributed by atoms with Gasteiger partial charge in [-0.1, -0.05) is 41.0 Å². The van der Waals surface area contributed by atoms with Crippen LogP contribution in [-0.2, 0) is 9.53 Å². The Morgan fingerprint density at radius 3 is 2.14 bits per heavy atom. The van der Waals surface area contributed by atoms with Crippen LogP contribution in [-0.4, -0.2) is 13.1 Å². The van der Waals surface area contributed by atoms with Crippen LogP contribution in [0.5, 0.6) is 0 Å². The number of methoxy groups -OCH3 is 1. The highest BCUT2D eigenvalue weighted by Gasteiger charge is 2.29. The largest absolute Gasteiger partial charge is 0.469 e. The summed E-state index contributed by atoms with van der Waals surface area (Å²) in [5.74, 6) is 0.390. The first-order chi connectivity index (χ1) is 6.31. The second-order valence-electron chi connectivity index (χ2n) is 5.28. The highest BCUT2D eigenvalue weighted by molar-refractivity contribution is 5.72. The summed E-state index contributed by atoms with van der Waals surface area (Å²) < 4.78 is 4.84.